The van der Waals surface area contributed by atoms with Crippen LogP contribution in [0.5, 0.6) is 6.08 Å². The van der Waals surface area contributed by atoms with E-state index < -0.39 is 5.97 Å². The Balaban J connectivity index is 2.56. The van der Waals surface area contributed by atoms with Gasteiger partial charge in [0.05, 0.1) is 6.20 Å². The van der Waals surface area contributed by atoms with E-state index in [-0.39, 0.29) is 6.08 Å². The van der Waals surface area contributed by atoms with Gasteiger partial charge in [-0.3, -0.25) is 0 Å². The van der Waals surface area contributed by atoms with Gasteiger partial charge >= 0.3 is 12.0 Å². The largest absolute Gasteiger partial charge is 0.417 e. The van der Waals surface area contributed by atoms with Gasteiger partial charge in [-0.15, -0.1) is 0 Å². The Morgan fingerprint density at radius 2 is 2.70 bits per heavy atom. The number of carbonyl (C=O) groups excluding carboxylic acids is 1. The first-order valence-corrected chi connectivity index (χ1v) is 2.56. The second-order valence-electron chi connectivity index (χ2n) is 1.42. The summed E-state index contributed by atoms with van der Waals surface area (Å²) < 4.78 is 9.07. The SMILES string of the molecule is C=CC(=O)Oc1ncco1. The molecular weight excluding hydrogens is 134 g/mol. The Hall–Kier alpha value is -1.58. The molecule has 0 aliphatic rings. The molecule has 0 unspecified atom stereocenters. The van der Waals surface area contributed by atoms with Crippen LogP contribution < -0.4 is 4.74 Å². The molecule has 1 aromatic heterocycles. The van der Waals surface area contributed by atoms with Gasteiger partial charge in [0, 0.05) is 6.08 Å². The number of hydrogen-bond acceptors (Lipinski definition) is 4. The van der Waals surface area contributed by atoms with Crippen LogP contribution in [0.2, 0.25) is 0 Å². The highest BCUT2D eigenvalue weighted by Gasteiger charge is 2.01. The van der Waals surface area contributed by atoms with Crippen LogP contribution in [0.3, 0.4) is 0 Å². The third kappa shape index (κ3) is 1.45. The monoisotopic (exact) mass is 139 g/mol. The zero-order valence-corrected chi connectivity index (χ0v) is 5.11. The van der Waals surface area contributed by atoms with E-state index in [2.05, 4.69) is 20.7 Å². The number of hydrogen-bond donors (Lipinski definition) is 0. The highest BCUT2D eigenvalue weighted by molar-refractivity contribution is 5.82. The lowest BCUT2D eigenvalue weighted by Gasteiger charge is -1.90. The fourth-order valence-corrected chi connectivity index (χ4v) is 0.388. The van der Waals surface area contributed by atoms with E-state index in [9.17, 15) is 4.79 Å². The molecule has 1 rings (SSSR count). The Labute approximate surface area is 57.1 Å². The van der Waals surface area contributed by atoms with Crippen molar-refractivity contribution in [3.63, 3.8) is 0 Å². The number of nitrogens with zero attached hydrogens (tertiary/aromatic N) is 1. The molecule has 0 bridgehead atoms. The summed E-state index contributed by atoms with van der Waals surface area (Å²) in [6.07, 6.45) is 3.66. The van der Waals surface area contributed by atoms with Gasteiger partial charge < -0.3 is 9.15 Å². The van der Waals surface area contributed by atoms with Crippen LogP contribution in [-0.2, 0) is 4.79 Å². The quantitative estimate of drug-likeness (QED) is 0.448. The summed E-state index contributed by atoms with van der Waals surface area (Å²) in [4.78, 5) is 14.0. The highest BCUT2D eigenvalue weighted by atomic mass is 16.6. The second-order valence-corrected chi connectivity index (χ2v) is 1.42. The topological polar surface area (TPSA) is 52.3 Å². The van der Waals surface area contributed by atoms with E-state index in [0.29, 0.717) is 0 Å². The minimum Gasteiger partial charge on any atom is -0.417 e. The maximum atomic E-state index is 10.4. The van der Waals surface area contributed by atoms with Crippen LogP contribution in [0.25, 0.3) is 0 Å². The zero-order valence-electron chi connectivity index (χ0n) is 5.11. The number of aromatic nitrogens is 1. The number of oxazole rings is 1. The molecular formula is C6H5NO3. The Bertz CT molecular complexity index is 227. The van der Waals surface area contributed by atoms with Crippen molar-refractivity contribution in [1.82, 2.24) is 4.98 Å². The van der Waals surface area contributed by atoms with Gasteiger partial charge in [0.15, 0.2) is 0 Å². The zero-order chi connectivity index (χ0) is 7.40. The minimum atomic E-state index is -0.581. The van der Waals surface area contributed by atoms with Crippen LogP contribution in [0.1, 0.15) is 0 Å². The molecule has 4 nitrogen and oxygen atoms in total. The average Bonchev–Trinajstić information content (AvgIpc) is 2.40. The summed E-state index contributed by atoms with van der Waals surface area (Å²) in [6.45, 7) is 3.20. The number of ether oxygens (including phenoxy) is 1. The van der Waals surface area contributed by atoms with Crippen molar-refractivity contribution in [2.45, 2.75) is 0 Å². The first kappa shape index (κ1) is 6.54. The Morgan fingerprint density at radius 1 is 1.90 bits per heavy atom. The summed E-state index contributed by atoms with van der Waals surface area (Å²) in [5.74, 6) is -0.581. The van der Waals surface area contributed by atoms with Gasteiger partial charge in [0.2, 0.25) is 0 Å². The van der Waals surface area contributed by atoms with Crippen LogP contribution in [-0.4, -0.2) is 11.0 Å². The molecule has 0 spiro atoms. The number of esters is 1. The lowest BCUT2D eigenvalue weighted by Crippen LogP contribution is -2.02. The van der Waals surface area contributed by atoms with Crippen molar-refractivity contribution in [2.75, 3.05) is 0 Å². The molecule has 0 aromatic carbocycles. The molecule has 0 aliphatic heterocycles. The molecule has 52 valence electrons. The van der Waals surface area contributed by atoms with Crippen LogP contribution in [0, 0.1) is 0 Å². The fourth-order valence-electron chi connectivity index (χ4n) is 0.388. The first-order chi connectivity index (χ1) is 4.83. The van der Waals surface area contributed by atoms with Crippen molar-refractivity contribution >= 4 is 5.97 Å². The third-order valence-electron chi connectivity index (χ3n) is 0.764. The molecule has 0 saturated carbocycles. The number of rotatable bonds is 2. The van der Waals surface area contributed by atoms with E-state index in [1.807, 2.05) is 0 Å². The van der Waals surface area contributed by atoms with Gasteiger partial charge in [-0.2, -0.15) is 4.98 Å². The van der Waals surface area contributed by atoms with Gasteiger partial charge in [0.25, 0.3) is 0 Å². The van der Waals surface area contributed by atoms with Crippen LogP contribution >= 0.6 is 0 Å². The van der Waals surface area contributed by atoms with Gasteiger partial charge in [0.1, 0.15) is 6.26 Å². The molecule has 0 atom stereocenters. The van der Waals surface area contributed by atoms with Crippen molar-refractivity contribution in [3.8, 4) is 6.08 Å². The van der Waals surface area contributed by atoms with E-state index in [4.69, 9.17) is 0 Å². The van der Waals surface area contributed by atoms with Gasteiger partial charge in [-0.05, 0) is 0 Å². The average molecular weight is 139 g/mol. The normalized spacial score (nSPS) is 8.80. The maximum Gasteiger partial charge on any atom is 0.401 e. The smallest absolute Gasteiger partial charge is 0.401 e. The van der Waals surface area contributed by atoms with E-state index in [0.717, 1.165) is 6.08 Å². The summed E-state index contributed by atoms with van der Waals surface area (Å²) in [5.41, 5.74) is 0. The van der Waals surface area contributed by atoms with Crippen molar-refractivity contribution in [1.29, 1.82) is 0 Å². The van der Waals surface area contributed by atoms with E-state index in [1.165, 1.54) is 12.5 Å². The molecule has 0 aliphatic carbocycles. The Kier molecular flexibility index (Phi) is 1.84. The molecule has 0 saturated heterocycles. The predicted molar refractivity (Wildman–Crippen MR) is 32.3 cm³/mol. The predicted octanol–water partition coefficient (Wildman–Crippen LogP) is 0.766. The summed E-state index contributed by atoms with van der Waals surface area (Å²) in [5, 5.41) is 0. The molecule has 0 N–H and O–H groups in total. The third-order valence-corrected chi connectivity index (χ3v) is 0.764. The van der Waals surface area contributed by atoms with Crippen LogP contribution in [0.4, 0.5) is 0 Å². The van der Waals surface area contributed by atoms with E-state index >= 15 is 0 Å². The van der Waals surface area contributed by atoms with Crippen molar-refractivity contribution < 1.29 is 13.9 Å². The van der Waals surface area contributed by atoms with Crippen LogP contribution in [0.15, 0.2) is 29.5 Å². The van der Waals surface area contributed by atoms with Crippen molar-refractivity contribution in [2.24, 2.45) is 0 Å². The lowest BCUT2D eigenvalue weighted by atomic mass is 10.7. The fraction of sp³-hybridized carbons (Fsp3) is 0. The van der Waals surface area contributed by atoms with Crippen molar-refractivity contribution in [3.05, 3.63) is 25.1 Å². The minimum absolute atomic E-state index is 0.0649. The lowest BCUT2D eigenvalue weighted by molar-refractivity contribution is -0.130. The molecule has 0 amide bonds. The second kappa shape index (κ2) is 2.82. The number of carbonyl (C=O) groups is 1. The maximum absolute atomic E-state index is 10.4. The van der Waals surface area contributed by atoms with E-state index in [1.54, 1.807) is 0 Å². The molecule has 10 heavy (non-hydrogen) atoms. The summed E-state index contributed by atoms with van der Waals surface area (Å²) in [7, 11) is 0. The summed E-state index contributed by atoms with van der Waals surface area (Å²) in [6, 6.07) is 0. The molecule has 0 fully saturated rings. The highest BCUT2D eigenvalue weighted by Crippen LogP contribution is 2.03. The standard InChI is InChI=1S/C6H5NO3/c1-2-5(8)10-6-7-3-4-9-6/h2-4H,1H2. The van der Waals surface area contributed by atoms with Gasteiger partial charge in [-0.25, -0.2) is 4.79 Å². The first-order valence-electron chi connectivity index (χ1n) is 2.56. The molecule has 1 aromatic rings. The van der Waals surface area contributed by atoms with Gasteiger partial charge in [-0.1, -0.05) is 6.58 Å². The molecule has 4 heteroatoms. The molecule has 1 heterocycles. The molecule has 0 radical (unpaired) electrons. The summed E-state index contributed by atoms with van der Waals surface area (Å²) >= 11 is 0. The Morgan fingerprint density at radius 3 is 3.20 bits per heavy atom.